The molecule has 2 aromatic rings. The number of hydrogen-bond donors (Lipinski definition) is 0. The molecule has 0 bridgehead atoms. The summed E-state index contributed by atoms with van der Waals surface area (Å²) in [5.41, 5.74) is 1.26. The van der Waals surface area contributed by atoms with Gasteiger partial charge in [-0.05, 0) is 30.8 Å². The Kier molecular flexibility index (Phi) is 5.66. The van der Waals surface area contributed by atoms with Gasteiger partial charge < -0.3 is 0 Å². The van der Waals surface area contributed by atoms with Crippen LogP contribution in [0.4, 0.5) is 10.5 Å². The Bertz CT molecular complexity index is 762. The van der Waals surface area contributed by atoms with Gasteiger partial charge in [0.25, 0.3) is 11.8 Å². The first-order chi connectivity index (χ1) is 13.1. The second kappa shape index (κ2) is 8.14. The third-order valence-corrected chi connectivity index (χ3v) is 4.76. The second-order valence-electron chi connectivity index (χ2n) is 6.33. The molecule has 1 atom stereocenters. The van der Waals surface area contributed by atoms with Crippen LogP contribution < -0.4 is 4.90 Å². The van der Waals surface area contributed by atoms with Crippen LogP contribution in [0.5, 0.6) is 0 Å². The Balaban J connectivity index is 2.00. The van der Waals surface area contributed by atoms with Gasteiger partial charge in [0.05, 0.1) is 6.54 Å². The van der Waals surface area contributed by atoms with Crippen molar-refractivity contribution in [2.75, 3.05) is 24.5 Å². The Morgan fingerprint density at radius 3 is 2.04 bits per heavy atom. The average Bonchev–Trinajstić information content (AvgIpc) is 2.97. The van der Waals surface area contributed by atoms with E-state index in [1.54, 1.807) is 36.4 Å². The molecule has 1 aliphatic heterocycles. The molecular weight excluding hydrogens is 342 g/mol. The third kappa shape index (κ3) is 3.61. The molecule has 0 saturated carbocycles. The van der Waals surface area contributed by atoms with Gasteiger partial charge in [-0.15, -0.1) is 0 Å². The smallest absolute Gasteiger partial charge is 0.295 e. The first-order valence-electron chi connectivity index (χ1n) is 9.10. The number of likely N-dealkylation sites (N-methyl/N-ethyl adjacent to an activating group) is 1. The lowest BCUT2D eigenvalue weighted by molar-refractivity contribution is -0.140. The minimum absolute atomic E-state index is 0.0363. The first-order valence-corrected chi connectivity index (χ1v) is 9.10. The fourth-order valence-corrected chi connectivity index (χ4v) is 3.26. The molecule has 0 radical (unpaired) electrons. The average molecular weight is 365 g/mol. The van der Waals surface area contributed by atoms with E-state index in [1.165, 1.54) is 4.90 Å². The predicted octanol–water partition coefficient (Wildman–Crippen LogP) is 3.06. The summed E-state index contributed by atoms with van der Waals surface area (Å²) in [6.07, 6.45) is 0. The van der Waals surface area contributed by atoms with Gasteiger partial charge in [-0.3, -0.25) is 19.4 Å². The van der Waals surface area contributed by atoms with E-state index in [0.29, 0.717) is 24.3 Å². The summed E-state index contributed by atoms with van der Waals surface area (Å²) in [6.45, 7) is 5.25. The number of anilines is 1. The van der Waals surface area contributed by atoms with Crippen molar-refractivity contribution in [3.63, 3.8) is 0 Å². The molecule has 0 N–H and O–H groups in total. The van der Waals surface area contributed by atoms with E-state index in [4.69, 9.17) is 0 Å². The lowest BCUT2D eigenvalue weighted by Crippen LogP contribution is -2.44. The third-order valence-electron chi connectivity index (χ3n) is 4.76. The monoisotopic (exact) mass is 365 g/mol. The van der Waals surface area contributed by atoms with Gasteiger partial charge >= 0.3 is 6.03 Å². The maximum absolute atomic E-state index is 13.1. The van der Waals surface area contributed by atoms with Crippen LogP contribution in [0.25, 0.3) is 0 Å². The molecule has 0 aliphatic carbocycles. The Morgan fingerprint density at radius 1 is 0.926 bits per heavy atom. The number of hydrogen-bond acceptors (Lipinski definition) is 4. The standard InChI is InChI=1S/C21H23N3O3/c1-3-22(4-2)15-18(25)24-20(26)19(16-11-7-5-8-12-16)23(21(24)27)17-13-9-6-10-14-17/h5-14,19H,3-4,15H2,1-2H3. The SMILES string of the molecule is CCN(CC)CC(=O)N1C(=O)C(c2ccccc2)N(c2ccccc2)C1=O. The summed E-state index contributed by atoms with van der Waals surface area (Å²) < 4.78 is 0. The number of nitrogens with zero attached hydrogens (tertiary/aromatic N) is 3. The minimum Gasteiger partial charge on any atom is -0.295 e. The summed E-state index contributed by atoms with van der Waals surface area (Å²) in [6, 6.07) is 16.6. The highest BCUT2D eigenvalue weighted by Gasteiger charge is 2.49. The van der Waals surface area contributed by atoms with E-state index in [9.17, 15) is 14.4 Å². The van der Waals surface area contributed by atoms with E-state index in [0.717, 1.165) is 4.90 Å². The molecule has 1 unspecified atom stereocenters. The summed E-state index contributed by atoms with van der Waals surface area (Å²) in [5.74, 6) is -1.000. The van der Waals surface area contributed by atoms with Crippen molar-refractivity contribution in [2.45, 2.75) is 19.9 Å². The molecule has 1 fully saturated rings. The van der Waals surface area contributed by atoms with Crippen molar-refractivity contribution in [3.8, 4) is 0 Å². The van der Waals surface area contributed by atoms with Crippen LogP contribution in [0.3, 0.4) is 0 Å². The predicted molar refractivity (Wildman–Crippen MR) is 103 cm³/mol. The van der Waals surface area contributed by atoms with Crippen molar-refractivity contribution < 1.29 is 14.4 Å². The molecule has 2 aromatic carbocycles. The number of urea groups is 1. The molecule has 0 aromatic heterocycles. The van der Waals surface area contributed by atoms with Gasteiger partial charge in [-0.1, -0.05) is 62.4 Å². The molecule has 1 saturated heterocycles. The van der Waals surface area contributed by atoms with E-state index in [1.807, 2.05) is 43.0 Å². The van der Waals surface area contributed by atoms with Crippen LogP contribution >= 0.6 is 0 Å². The zero-order chi connectivity index (χ0) is 19.4. The quantitative estimate of drug-likeness (QED) is 0.738. The van der Waals surface area contributed by atoms with Crippen molar-refractivity contribution in [1.82, 2.24) is 9.80 Å². The Labute approximate surface area is 159 Å². The number of imide groups is 3. The summed E-state index contributed by atoms with van der Waals surface area (Å²) in [5, 5.41) is 0. The maximum atomic E-state index is 13.1. The maximum Gasteiger partial charge on any atom is 0.339 e. The van der Waals surface area contributed by atoms with Crippen molar-refractivity contribution in [1.29, 1.82) is 0 Å². The number of rotatable bonds is 6. The van der Waals surface area contributed by atoms with Crippen molar-refractivity contribution in [2.24, 2.45) is 0 Å². The number of carbonyl (C=O) groups excluding carboxylic acids is 3. The van der Waals surface area contributed by atoms with Gasteiger partial charge in [0.2, 0.25) is 0 Å². The molecule has 6 heteroatoms. The zero-order valence-electron chi connectivity index (χ0n) is 15.5. The highest BCUT2D eigenvalue weighted by molar-refractivity contribution is 6.23. The molecule has 6 nitrogen and oxygen atoms in total. The molecule has 27 heavy (non-hydrogen) atoms. The highest BCUT2D eigenvalue weighted by Crippen LogP contribution is 2.35. The number of carbonyl (C=O) groups is 3. The fraction of sp³-hybridized carbons (Fsp3) is 0.286. The molecular formula is C21H23N3O3. The summed E-state index contributed by atoms with van der Waals surface area (Å²) in [4.78, 5) is 43.1. The molecule has 1 aliphatic rings. The Morgan fingerprint density at radius 2 is 1.48 bits per heavy atom. The van der Waals surface area contributed by atoms with E-state index >= 15 is 0 Å². The largest absolute Gasteiger partial charge is 0.339 e. The molecule has 0 spiro atoms. The zero-order valence-corrected chi connectivity index (χ0v) is 15.5. The molecule has 4 amide bonds. The van der Waals surface area contributed by atoms with Crippen LogP contribution in [-0.2, 0) is 9.59 Å². The normalized spacial score (nSPS) is 17.1. The lowest BCUT2D eigenvalue weighted by atomic mass is 10.1. The Hall–Kier alpha value is -2.99. The minimum atomic E-state index is -0.846. The lowest BCUT2D eigenvalue weighted by Gasteiger charge is -2.22. The molecule has 1 heterocycles. The number of amides is 4. The van der Waals surface area contributed by atoms with Crippen LogP contribution in [-0.4, -0.2) is 47.3 Å². The fourth-order valence-electron chi connectivity index (χ4n) is 3.26. The summed E-state index contributed by atoms with van der Waals surface area (Å²) >= 11 is 0. The number of benzene rings is 2. The van der Waals surface area contributed by atoms with Crippen LogP contribution in [0.1, 0.15) is 25.5 Å². The van der Waals surface area contributed by atoms with Gasteiger partial charge in [0.15, 0.2) is 0 Å². The van der Waals surface area contributed by atoms with Crippen LogP contribution in [0.2, 0.25) is 0 Å². The van der Waals surface area contributed by atoms with Gasteiger partial charge in [0, 0.05) is 5.69 Å². The van der Waals surface area contributed by atoms with Gasteiger partial charge in [-0.2, -0.15) is 4.90 Å². The van der Waals surface area contributed by atoms with Gasteiger partial charge in [0.1, 0.15) is 6.04 Å². The number of para-hydroxylation sites is 1. The summed E-state index contributed by atoms with van der Waals surface area (Å²) in [7, 11) is 0. The molecule has 140 valence electrons. The highest BCUT2D eigenvalue weighted by atomic mass is 16.2. The van der Waals surface area contributed by atoms with E-state index < -0.39 is 23.9 Å². The van der Waals surface area contributed by atoms with E-state index in [-0.39, 0.29) is 6.54 Å². The van der Waals surface area contributed by atoms with E-state index in [2.05, 4.69) is 0 Å². The first kappa shape index (κ1) is 18.8. The van der Waals surface area contributed by atoms with Crippen molar-refractivity contribution in [3.05, 3.63) is 66.2 Å². The second-order valence-corrected chi connectivity index (χ2v) is 6.33. The topological polar surface area (TPSA) is 60.9 Å². The van der Waals surface area contributed by atoms with Crippen molar-refractivity contribution >= 4 is 23.5 Å². The van der Waals surface area contributed by atoms with Crippen LogP contribution in [0, 0.1) is 0 Å². The van der Waals surface area contributed by atoms with Crippen LogP contribution in [0.15, 0.2) is 60.7 Å². The molecule has 3 rings (SSSR count). The van der Waals surface area contributed by atoms with Gasteiger partial charge in [-0.25, -0.2) is 4.79 Å².